The topological polar surface area (TPSA) is 82.5 Å². The predicted octanol–water partition coefficient (Wildman–Crippen LogP) is 1.05. The van der Waals surface area contributed by atoms with E-state index in [1.165, 1.54) is 6.20 Å². The van der Waals surface area contributed by atoms with Gasteiger partial charge in [0.1, 0.15) is 11.9 Å². The molecule has 1 atom stereocenters. The predicted molar refractivity (Wildman–Crippen MR) is 74.8 cm³/mol. The molecule has 1 amide bonds. The Morgan fingerprint density at radius 3 is 2.95 bits per heavy atom. The number of hydrogen-bond donors (Lipinski definition) is 2. The fraction of sp³-hybridized carbons (Fsp3) is 0.357. The molecule has 0 bridgehead atoms. The van der Waals surface area contributed by atoms with E-state index in [-0.39, 0.29) is 5.91 Å². The molecule has 1 fully saturated rings. The third kappa shape index (κ3) is 2.96. The van der Waals surface area contributed by atoms with Crippen LogP contribution in [0.4, 0.5) is 5.82 Å². The summed E-state index contributed by atoms with van der Waals surface area (Å²) in [6.45, 7) is 4.59. The molecule has 0 radical (unpaired) electrons. The van der Waals surface area contributed by atoms with Crippen molar-refractivity contribution in [1.29, 1.82) is 0 Å². The number of rotatable bonds is 5. The quantitative estimate of drug-likeness (QED) is 0.785. The molecule has 0 spiro atoms. The van der Waals surface area contributed by atoms with Crippen molar-refractivity contribution in [2.24, 2.45) is 0 Å². The number of carbonyl (C=O) groups is 2. The molecule has 1 aliphatic rings. The summed E-state index contributed by atoms with van der Waals surface area (Å²) in [5, 5.41) is 11.8. The van der Waals surface area contributed by atoms with E-state index < -0.39 is 12.0 Å². The Hall–Kier alpha value is -2.37. The molecule has 1 aromatic rings. The molecular formula is C14H17N3O3. The Balaban J connectivity index is 2.10. The van der Waals surface area contributed by atoms with Crippen LogP contribution in [-0.4, -0.2) is 41.1 Å². The second-order valence-corrected chi connectivity index (χ2v) is 4.59. The van der Waals surface area contributed by atoms with Gasteiger partial charge in [-0.1, -0.05) is 6.08 Å². The fourth-order valence-corrected chi connectivity index (χ4v) is 2.25. The van der Waals surface area contributed by atoms with Gasteiger partial charge < -0.3 is 15.3 Å². The molecular weight excluding hydrogens is 258 g/mol. The van der Waals surface area contributed by atoms with E-state index >= 15 is 0 Å². The highest BCUT2D eigenvalue weighted by Gasteiger charge is 2.31. The minimum Gasteiger partial charge on any atom is -0.480 e. The molecule has 0 aliphatic carbocycles. The van der Waals surface area contributed by atoms with Gasteiger partial charge in [-0.05, 0) is 25.0 Å². The first-order valence-corrected chi connectivity index (χ1v) is 6.48. The summed E-state index contributed by atoms with van der Waals surface area (Å²) in [6, 6.07) is 2.81. The summed E-state index contributed by atoms with van der Waals surface area (Å²) in [6.07, 6.45) is 4.52. The van der Waals surface area contributed by atoms with E-state index in [4.69, 9.17) is 5.11 Å². The van der Waals surface area contributed by atoms with Gasteiger partial charge in [0.05, 0.1) is 5.56 Å². The van der Waals surface area contributed by atoms with Gasteiger partial charge in [0.15, 0.2) is 0 Å². The molecule has 0 aromatic carbocycles. The number of nitrogens with one attached hydrogen (secondary N) is 1. The number of carboxylic acid groups (broad SMARTS) is 1. The molecule has 2 heterocycles. The first kappa shape index (κ1) is 14.0. The summed E-state index contributed by atoms with van der Waals surface area (Å²) < 4.78 is 0. The number of pyridine rings is 1. The Morgan fingerprint density at radius 2 is 2.35 bits per heavy atom. The summed E-state index contributed by atoms with van der Waals surface area (Å²) in [7, 11) is 0. The first-order valence-electron chi connectivity index (χ1n) is 6.48. The van der Waals surface area contributed by atoms with Gasteiger partial charge in [0.25, 0.3) is 5.91 Å². The molecule has 1 aliphatic heterocycles. The number of hydrogen-bond acceptors (Lipinski definition) is 4. The minimum atomic E-state index is -0.836. The smallest absolute Gasteiger partial charge is 0.326 e. The van der Waals surface area contributed by atoms with Crippen LogP contribution in [0.25, 0.3) is 0 Å². The number of nitrogens with zero attached hydrogens (tertiary/aromatic N) is 2. The number of carbonyl (C=O) groups excluding carboxylic acids is 1. The second kappa shape index (κ2) is 6.18. The third-order valence-corrected chi connectivity index (χ3v) is 3.25. The molecule has 0 unspecified atom stereocenters. The van der Waals surface area contributed by atoms with Crippen molar-refractivity contribution in [3.8, 4) is 0 Å². The summed E-state index contributed by atoms with van der Waals surface area (Å²) in [4.78, 5) is 28.8. The van der Waals surface area contributed by atoms with Crippen LogP contribution in [0.3, 0.4) is 0 Å². The normalized spacial score (nSPS) is 17.8. The zero-order chi connectivity index (χ0) is 14.5. The lowest BCUT2D eigenvalue weighted by Gasteiger charge is -2.22. The van der Waals surface area contributed by atoms with Crippen molar-refractivity contribution in [2.45, 2.75) is 18.9 Å². The van der Waals surface area contributed by atoms with Crippen molar-refractivity contribution < 1.29 is 14.7 Å². The first-order chi connectivity index (χ1) is 9.63. The van der Waals surface area contributed by atoms with E-state index in [1.807, 2.05) is 0 Å². The fourth-order valence-electron chi connectivity index (χ4n) is 2.25. The lowest BCUT2D eigenvalue weighted by Crippen LogP contribution is -2.36. The second-order valence-electron chi connectivity index (χ2n) is 4.59. The van der Waals surface area contributed by atoms with Crippen LogP contribution in [-0.2, 0) is 4.79 Å². The summed E-state index contributed by atoms with van der Waals surface area (Å²) >= 11 is 0. The number of amides is 1. The summed E-state index contributed by atoms with van der Waals surface area (Å²) in [5.74, 6) is -0.465. The van der Waals surface area contributed by atoms with Crippen molar-refractivity contribution in [3.05, 3.63) is 36.5 Å². The van der Waals surface area contributed by atoms with Gasteiger partial charge in [0, 0.05) is 19.3 Å². The summed E-state index contributed by atoms with van der Waals surface area (Å²) in [5.41, 5.74) is 0.446. The van der Waals surface area contributed by atoms with E-state index in [9.17, 15) is 9.59 Å². The Bertz CT molecular complexity index is 513. The van der Waals surface area contributed by atoms with Crippen LogP contribution in [0.15, 0.2) is 31.0 Å². The van der Waals surface area contributed by atoms with Crippen LogP contribution in [0.2, 0.25) is 0 Å². The lowest BCUT2D eigenvalue weighted by atomic mass is 10.2. The van der Waals surface area contributed by atoms with Crippen LogP contribution in [0.1, 0.15) is 23.2 Å². The van der Waals surface area contributed by atoms with Crippen molar-refractivity contribution in [1.82, 2.24) is 10.3 Å². The molecule has 106 valence electrons. The third-order valence-electron chi connectivity index (χ3n) is 3.25. The maximum absolute atomic E-state index is 11.7. The van der Waals surface area contributed by atoms with Crippen LogP contribution in [0.5, 0.6) is 0 Å². The zero-order valence-corrected chi connectivity index (χ0v) is 11.1. The van der Waals surface area contributed by atoms with Crippen LogP contribution < -0.4 is 10.2 Å². The van der Waals surface area contributed by atoms with Gasteiger partial charge in [-0.3, -0.25) is 4.79 Å². The SMILES string of the molecule is C=CCNC(=O)c1ccc(N2CCC[C@@H]2C(=O)O)nc1. The maximum atomic E-state index is 11.7. The van der Waals surface area contributed by atoms with Gasteiger partial charge in [0.2, 0.25) is 0 Å². The van der Waals surface area contributed by atoms with E-state index in [1.54, 1.807) is 23.1 Å². The Kier molecular flexibility index (Phi) is 4.34. The molecule has 1 saturated heterocycles. The number of aromatic nitrogens is 1. The van der Waals surface area contributed by atoms with Gasteiger partial charge in [-0.2, -0.15) is 0 Å². The van der Waals surface area contributed by atoms with Crippen molar-refractivity contribution in [2.75, 3.05) is 18.0 Å². The van der Waals surface area contributed by atoms with Gasteiger partial charge in [-0.25, -0.2) is 9.78 Å². The molecule has 1 aromatic heterocycles. The Labute approximate surface area is 117 Å². The average Bonchev–Trinajstić information content (AvgIpc) is 2.94. The molecule has 6 heteroatoms. The van der Waals surface area contributed by atoms with Crippen molar-refractivity contribution >= 4 is 17.7 Å². The lowest BCUT2D eigenvalue weighted by molar-refractivity contribution is -0.138. The van der Waals surface area contributed by atoms with E-state index in [0.29, 0.717) is 30.9 Å². The number of aliphatic carboxylic acids is 1. The highest BCUT2D eigenvalue weighted by Crippen LogP contribution is 2.23. The number of carboxylic acids is 1. The highest BCUT2D eigenvalue weighted by atomic mass is 16.4. The molecule has 2 N–H and O–H groups in total. The highest BCUT2D eigenvalue weighted by molar-refractivity contribution is 5.94. The molecule has 2 rings (SSSR count). The maximum Gasteiger partial charge on any atom is 0.326 e. The van der Waals surface area contributed by atoms with Gasteiger partial charge in [-0.15, -0.1) is 6.58 Å². The average molecular weight is 275 g/mol. The molecule has 20 heavy (non-hydrogen) atoms. The molecule has 6 nitrogen and oxygen atoms in total. The molecule has 0 saturated carbocycles. The van der Waals surface area contributed by atoms with Crippen LogP contribution in [0, 0.1) is 0 Å². The van der Waals surface area contributed by atoms with Gasteiger partial charge >= 0.3 is 5.97 Å². The Morgan fingerprint density at radius 1 is 1.55 bits per heavy atom. The minimum absolute atomic E-state index is 0.222. The van der Waals surface area contributed by atoms with Crippen molar-refractivity contribution in [3.63, 3.8) is 0 Å². The van der Waals surface area contributed by atoms with E-state index in [2.05, 4.69) is 16.9 Å². The largest absolute Gasteiger partial charge is 0.480 e. The standard InChI is InChI=1S/C14H17N3O3/c1-2-7-15-13(18)10-5-6-12(16-9-10)17-8-3-4-11(17)14(19)20/h2,5-6,9,11H,1,3-4,7-8H2,(H,15,18)(H,19,20)/t11-/m1/s1. The van der Waals surface area contributed by atoms with E-state index in [0.717, 1.165) is 6.42 Å². The zero-order valence-electron chi connectivity index (χ0n) is 11.1. The van der Waals surface area contributed by atoms with Crippen LogP contribution >= 0.6 is 0 Å². The number of anilines is 1. The monoisotopic (exact) mass is 275 g/mol.